The molecule has 2 heterocycles. The maximum atomic E-state index is 13.4. The van der Waals surface area contributed by atoms with Crippen LogP contribution in [0.1, 0.15) is 42.4 Å². The van der Waals surface area contributed by atoms with E-state index in [0.717, 1.165) is 17.7 Å². The minimum atomic E-state index is -5.75. The fourth-order valence-electron chi connectivity index (χ4n) is 5.11. The zero-order valence-corrected chi connectivity index (χ0v) is 22.7. The Labute approximate surface area is 227 Å². The second-order valence-corrected chi connectivity index (χ2v) is 12.2. The minimum absolute atomic E-state index is 0.0189. The van der Waals surface area contributed by atoms with E-state index in [1.807, 2.05) is 0 Å². The Kier molecular flexibility index (Phi) is 7.73. The quantitative estimate of drug-likeness (QED) is 0.381. The Bertz CT molecular complexity index is 1630. The average Bonchev–Trinajstić information content (AvgIpc) is 3.43. The molecule has 1 fully saturated rings. The fraction of sp³-hybridized carbons (Fsp3) is 0.417. The van der Waals surface area contributed by atoms with E-state index in [9.17, 15) is 43.8 Å². The fourth-order valence-corrected chi connectivity index (χ4v) is 6.40. The number of piperidine rings is 1. The van der Waals surface area contributed by atoms with Gasteiger partial charge < -0.3 is 9.08 Å². The van der Waals surface area contributed by atoms with Gasteiger partial charge >= 0.3 is 32.1 Å². The molecule has 0 radical (unpaired) electrons. The van der Waals surface area contributed by atoms with Crippen molar-refractivity contribution in [2.24, 2.45) is 0 Å². The molecule has 0 spiro atoms. The van der Waals surface area contributed by atoms with Gasteiger partial charge in [-0.25, -0.2) is 13.2 Å². The Hall–Kier alpha value is -3.14. The van der Waals surface area contributed by atoms with Crippen LogP contribution in [-0.4, -0.2) is 56.0 Å². The van der Waals surface area contributed by atoms with E-state index in [4.69, 9.17) is 0 Å². The van der Waals surface area contributed by atoms with Gasteiger partial charge in [0.2, 0.25) is 0 Å². The van der Waals surface area contributed by atoms with Crippen LogP contribution < -0.4 is 14.9 Å². The lowest BCUT2D eigenvalue weighted by Gasteiger charge is -2.38. The number of imidazole rings is 1. The Morgan fingerprint density at radius 3 is 2.50 bits per heavy atom. The molecule has 2 unspecified atom stereocenters. The van der Waals surface area contributed by atoms with Crippen molar-refractivity contribution in [3.63, 3.8) is 0 Å². The number of nitrogens with zero attached hydrogens (tertiary/aromatic N) is 3. The maximum absolute atomic E-state index is 13.4. The smallest absolute Gasteiger partial charge is 0.394 e. The largest absolute Gasteiger partial charge is 0.517 e. The SMILES string of the molecule is C=C(/C=c1/ncn(S(=O)(=O)C(F)(F)F)/c1=C/C)C(=O)N1CCCC2c3cc(OS(=O)C(F)(F)F)c(C)cc3C[C@@H]21. The maximum Gasteiger partial charge on any atom is 0.517 e. The molecule has 2 aliphatic rings. The first-order valence-electron chi connectivity index (χ1n) is 11.8. The summed E-state index contributed by atoms with van der Waals surface area (Å²) >= 11 is -3.55. The number of alkyl halides is 6. The third-order valence-electron chi connectivity index (χ3n) is 6.87. The minimum Gasteiger partial charge on any atom is -0.394 e. The number of rotatable bonds is 5. The summed E-state index contributed by atoms with van der Waals surface area (Å²) < 4.78 is 117. The number of halogens is 6. The number of fused-ring (bicyclic) bond motifs is 3. The van der Waals surface area contributed by atoms with E-state index in [0.29, 0.717) is 43.3 Å². The van der Waals surface area contributed by atoms with E-state index in [2.05, 4.69) is 15.7 Å². The summed E-state index contributed by atoms with van der Waals surface area (Å²) in [5.41, 5.74) is -8.95. The van der Waals surface area contributed by atoms with Gasteiger partial charge in [0.25, 0.3) is 5.91 Å². The molecule has 8 nitrogen and oxygen atoms in total. The van der Waals surface area contributed by atoms with Gasteiger partial charge in [-0.3, -0.25) is 4.79 Å². The molecule has 0 saturated carbocycles. The lowest BCUT2D eigenvalue weighted by atomic mass is 9.88. The van der Waals surface area contributed by atoms with E-state index < -0.39 is 43.4 Å². The van der Waals surface area contributed by atoms with Crippen molar-refractivity contribution < 1.29 is 47.9 Å². The zero-order valence-electron chi connectivity index (χ0n) is 21.0. The van der Waals surface area contributed by atoms with Crippen molar-refractivity contribution in [3.05, 3.63) is 58.0 Å². The van der Waals surface area contributed by atoms with Crippen LogP contribution in [0, 0.1) is 6.92 Å². The summed E-state index contributed by atoms with van der Waals surface area (Å²) in [5.74, 6) is -0.980. The van der Waals surface area contributed by atoms with Gasteiger partial charge in [-0.05, 0) is 61.9 Å². The molecule has 1 aromatic carbocycles. The van der Waals surface area contributed by atoms with Crippen LogP contribution in [0.5, 0.6) is 5.75 Å². The van der Waals surface area contributed by atoms with Gasteiger partial charge in [-0.2, -0.15) is 34.8 Å². The molecule has 1 saturated heterocycles. The van der Waals surface area contributed by atoms with Gasteiger partial charge in [0, 0.05) is 24.1 Å². The Balaban J connectivity index is 1.62. The highest BCUT2D eigenvalue weighted by Gasteiger charge is 2.48. The van der Waals surface area contributed by atoms with E-state index in [1.165, 1.54) is 24.8 Å². The number of likely N-dealkylation sites (tertiary alicyclic amines) is 1. The molecule has 3 atom stereocenters. The normalized spacial score (nSPS) is 21.2. The Morgan fingerprint density at radius 1 is 1.23 bits per heavy atom. The van der Waals surface area contributed by atoms with Gasteiger partial charge in [-0.15, -0.1) is 0 Å². The van der Waals surface area contributed by atoms with Crippen LogP contribution in [0.15, 0.2) is 30.6 Å². The number of aromatic nitrogens is 2. The number of carbonyl (C=O) groups is 1. The van der Waals surface area contributed by atoms with E-state index >= 15 is 0 Å². The summed E-state index contributed by atoms with van der Waals surface area (Å²) in [6.45, 7) is 6.89. The molecule has 1 aliphatic carbocycles. The Morgan fingerprint density at radius 2 is 1.90 bits per heavy atom. The summed E-state index contributed by atoms with van der Waals surface area (Å²) in [6, 6.07) is 2.67. The molecule has 1 aliphatic heterocycles. The van der Waals surface area contributed by atoms with Gasteiger partial charge in [-0.1, -0.05) is 18.7 Å². The summed E-state index contributed by atoms with van der Waals surface area (Å²) in [6.07, 6.45) is 4.27. The second kappa shape index (κ2) is 10.4. The molecule has 1 aromatic heterocycles. The first-order chi connectivity index (χ1) is 18.5. The van der Waals surface area contributed by atoms with Crippen LogP contribution in [0.3, 0.4) is 0 Å². The number of hydrogen-bond acceptors (Lipinski definition) is 6. The lowest BCUT2D eigenvalue weighted by Crippen LogP contribution is -2.47. The highest BCUT2D eigenvalue weighted by atomic mass is 32.2. The number of amides is 1. The highest BCUT2D eigenvalue weighted by molar-refractivity contribution is 7.90. The number of aryl methyl sites for hydroxylation is 1. The van der Waals surface area contributed by atoms with Gasteiger partial charge in [0.1, 0.15) is 12.1 Å². The monoisotopic (exact) mass is 611 g/mol. The molecule has 0 N–H and O–H groups in total. The van der Waals surface area contributed by atoms with Crippen molar-refractivity contribution in [2.75, 3.05) is 6.54 Å². The predicted octanol–water partition coefficient (Wildman–Crippen LogP) is 2.92. The summed E-state index contributed by atoms with van der Waals surface area (Å²) in [7, 11) is -5.75. The molecule has 4 rings (SSSR count). The van der Waals surface area contributed by atoms with Crippen LogP contribution in [0.2, 0.25) is 0 Å². The predicted molar refractivity (Wildman–Crippen MR) is 133 cm³/mol. The van der Waals surface area contributed by atoms with Crippen LogP contribution >= 0.6 is 0 Å². The molecule has 40 heavy (non-hydrogen) atoms. The van der Waals surface area contributed by atoms with E-state index in [-0.39, 0.29) is 32.6 Å². The first kappa shape index (κ1) is 29.8. The molecular weight excluding hydrogens is 588 g/mol. The lowest BCUT2D eigenvalue weighted by molar-refractivity contribution is -0.130. The molecule has 16 heteroatoms. The van der Waals surface area contributed by atoms with Gasteiger partial charge in [0.15, 0.2) is 0 Å². The third-order valence-corrected chi connectivity index (χ3v) is 8.97. The summed E-state index contributed by atoms with van der Waals surface area (Å²) in [5, 5.41) is -0.595. The molecular formula is C24H23F6N3O5S2. The first-order valence-corrected chi connectivity index (χ1v) is 14.3. The van der Waals surface area contributed by atoms with Crippen molar-refractivity contribution in [3.8, 4) is 5.75 Å². The topological polar surface area (TPSA) is 98.6 Å². The van der Waals surface area contributed by atoms with Crippen molar-refractivity contribution in [1.29, 1.82) is 0 Å². The number of carbonyl (C=O) groups excluding carboxylic acids is 1. The van der Waals surface area contributed by atoms with E-state index in [1.54, 1.807) is 6.07 Å². The summed E-state index contributed by atoms with van der Waals surface area (Å²) in [4.78, 5) is 18.7. The third kappa shape index (κ3) is 5.30. The van der Waals surface area contributed by atoms with Crippen LogP contribution in [0.4, 0.5) is 26.3 Å². The zero-order chi connectivity index (χ0) is 29.8. The van der Waals surface area contributed by atoms with Crippen molar-refractivity contribution in [2.45, 2.75) is 56.1 Å². The highest BCUT2D eigenvalue weighted by Crippen LogP contribution is 2.45. The number of hydrogen-bond donors (Lipinski definition) is 0. The van der Waals surface area contributed by atoms with Crippen LogP contribution in [-0.2, 0) is 32.3 Å². The van der Waals surface area contributed by atoms with Gasteiger partial charge in [0.05, 0.1) is 10.7 Å². The van der Waals surface area contributed by atoms with Crippen molar-refractivity contribution in [1.82, 2.24) is 13.9 Å². The van der Waals surface area contributed by atoms with Crippen molar-refractivity contribution >= 4 is 39.2 Å². The standard InChI is InChI=1S/C24H23F6N3O5S2/c1-4-19-18(31-12-33(19)40(36,37)24(28,29)30)9-14(3)22(34)32-7-5-6-16-17-11-21(38-39(35)23(25,26)27)13(2)8-15(17)10-20(16)32/h4,8-9,11-12,16,20H,3,5-7,10H2,1-2H3/b18-9+,19-4+/t16?,20-,39?/m0/s1. The second-order valence-electron chi connectivity index (χ2n) is 9.32. The molecule has 1 amide bonds. The number of benzene rings is 1. The molecule has 2 aromatic rings. The molecule has 0 bridgehead atoms. The van der Waals surface area contributed by atoms with Crippen LogP contribution in [0.25, 0.3) is 12.2 Å². The molecule has 218 valence electrons. The average molecular weight is 612 g/mol.